The molecule has 0 saturated heterocycles. The molecule has 0 bridgehead atoms. The van der Waals surface area contributed by atoms with Crippen molar-refractivity contribution in [2.24, 2.45) is 0 Å². The summed E-state index contributed by atoms with van der Waals surface area (Å²) in [7, 11) is -1.22. The zero-order valence-electron chi connectivity index (χ0n) is 11.5. The molecule has 0 aromatic heterocycles. The summed E-state index contributed by atoms with van der Waals surface area (Å²) < 4.78 is 6.27. The van der Waals surface area contributed by atoms with Crippen molar-refractivity contribution in [2.75, 3.05) is 18.5 Å². The highest BCUT2D eigenvalue weighted by Gasteiger charge is 2.34. The standard InChI is InChI=1S/C15H24OP/c1-6-17(7-2,8-3)16-15-11-9-14(10-12-15)13(4)5/h9-12H,4,6-8H2,1-3,5H3/q+1. The molecule has 0 aliphatic carbocycles. The Morgan fingerprint density at radius 3 is 1.88 bits per heavy atom. The van der Waals surface area contributed by atoms with E-state index in [1.165, 1.54) is 5.56 Å². The van der Waals surface area contributed by atoms with Crippen LogP contribution in [-0.4, -0.2) is 18.5 Å². The summed E-state index contributed by atoms with van der Waals surface area (Å²) in [5, 5.41) is 0. The van der Waals surface area contributed by atoms with Crippen molar-refractivity contribution < 1.29 is 4.52 Å². The van der Waals surface area contributed by atoms with Gasteiger partial charge in [0.25, 0.3) is 0 Å². The highest BCUT2D eigenvalue weighted by Crippen LogP contribution is 2.58. The minimum atomic E-state index is -1.22. The molecule has 0 spiro atoms. The molecule has 0 aliphatic rings. The van der Waals surface area contributed by atoms with E-state index >= 15 is 0 Å². The molecule has 0 atom stereocenters. The van der Waals surface area contributed by atoms with Gasteiger partial charge in [0.2, 0.25) is 0 Å². The second-order valence-corrected chi connectivity index (χ2v) is 8.60. The minimum absolute atomic E-state index is 1.01. The largest absolute Gasteiger partial charge is 0.351 e. The van der Waals surface area contributed by atoms with Gasteiger partial charge in [0.1, 0.15) is 0 Å². The lowest BCUT2D eigenvalue weighted by atomic mass is 10.1. The molecule has 0 saturated carbocycles. The van der Waals surface area contributed by atoms with Crippen LogP contribution in [0.1, 0.15) is 33.3 Å². The minimum Gasteiger partial charge on any atom is -0.351 e. The Bertz CT molecular complexity index is 355. The highest BCUT2D eigenvalue weighted by molar-refractivity contribution is 7.71. The Kier molecular flexibility index (Phi) is 5.21. The van der Waals surface area contributed by atoms with E-state index in [1.54, 1.807) is 0 Å². The van der Waals surface area contributed by atoms with E-state index < -0.39 is 7.49 Å². The lowest BCUT2D eigenvalue weighted by molar-refractivity contribution is 0.593. The van der Waals surface area contributed by atoms with Crippen molar-refractivity contribution in [1.29, 1.82) is 0 Å². The van der Waals surface area contributed by atoms with E-state index in [9.17, 15) is 0 Å². The number of allylic oxidation sites excluding steroid dienone is 1. The average Bonchev–Trinajstić information content (AvgIpc) is 2.37. The van der Waals surface area contributed by atoms with E-state index in [0.717, 1.165) is 29.8 Å². The maximum Gasteiger partial charge on any atom is 0.190 e. The summed E-state index contributed by atoms with van der Waals surface area (Å²) in [6, 6.07) is 8.32. The van der Waals surface area contributed by atoms with Crippen molar-refractivity contribution >= 4 is 13.1 Å². The van der Waals surface area contributed by atoms with Crippen LogP contribution in [0, 0.1) is 0 Å². The molecular weight excluding hydrogens is 227 g/mol. The molecule has 0 N–H and O–H groups in total. The second-order valence-electron chi connectivity index (χ2n) is 4.40. The van der Waals surface area contributed by atoms with Crippen molar-refractivity contribution in [2.45, 2.75) is 27.7 Å². The van der Waals surface area contributed by atoms with Crippen LogP contribution in [0.2, 0.25) is 0 Å². The molecule has 1 aromatic rings. The van der Waals surface area contributed by atoms with Gasteiger partial charge in [-0.3, -0.25) is 0 Å². The van der Waals surface area contributed by atoms with Gasteiger partial charge in [-0.05, 0) is 45.4 Å². The van der Waals surface area contributed by atoms with Crippen LogP contribution in [-0.2, 0) is 0 Å². The Labute approximate surface area is 106 Å². The highest BCUT2D eigenvalue weighted by atomic mass is 31.2. The van der Waals surface area contributed by atoms with Crippen molar-refractivity contribution in [3.05, 3.63) is 36.4 Å². The molecule has 0 aliphatic heterocycles. The predicted octanol–water partition coefficient (Wildman–Crippen LogP) is 5.09. The Hall–Kier alpha value is -0.810. The monoisotopic (exact) mass is 251 g/mol. The van der Waals surface area contributed by atoms with E-state index in [1.807, 2.05) is 6.92 Å². The summed E-state index contributed by atoms with van der Waals surface area (Å²) in [6.45, 7) is 12.7. The molecule has 1 rings (SSSR count). The van der Waals surface area contributed by atoms with Gasteiger partial charge in [-0.25, -0.2) is 0 Å². The Balaban J connectivity index is 2.84. The van der Waals surface area contributed by atoms with Crippen molar-refractivity contribution in [1.82, 2.24) is 0 Å². The van der Waals surface area contributed by atoms with E-state index in [0.29, 0.717) is 0 Å². The SMILES string of the molecule is C=C(C)c1ccc(O[P+](CC)(CC)CC)cc1. The zero-order valence-corrected chi connectivity index (χ0v) is 12.4. The molecule has 0 fully saturated rings. The third-order valence-electron chi connectivity index (χ3n) is 3.38. The van der Waals surface area contributed by atoms with Gasteiger partial charge in [0.15, 0.2) is 13.2 Å². The lowest BCUT2D eigenvalue weighted by Crippen LogP contribution is -2.09. The molecular formula is C15H24OP+. The third kappa shape index (κ3) is 3.57. The number of hydrogen-bond donors (Lipinski definition) is 0. The van der Waals surface area contributed by atoms with Crippen LogP contribution in [0.15, 0.2) is 30.8 Å². The second kappa shape index (κ2) is 6.21. The predicted molar refractivity (Wildman–Crippen MR) is 80.3 cm³/mol. The molecule has 17 heavy (non-hydrogen) atoms. The van der Waals surface area contributed by atoms with Gasteiger partial charge in [0, 0.05) is 0 Å². The summed E-state index contributed by atoms with van der Waals surface area (Å²) in [6.07, 6.45) is 3.46. The van der Waals surface area contributed by atoms with Gasteiger partial charge in [-0.15, -0.1) is 0 Å². The molecule has 94 valence electrons. The summed E-state index contributed by atoms with van der Waals surface area (Å²) in [4.78, 5) is 0. The van der Waals surface area contributed by atoms with Crippen LogP contribution in [0.3, 0.4) is 0 Å². The Morgan fingerprint density at radius 1 is 1.06 bits per heavy atom. The summed E-state index contributed by atoms with van der Waals surface area (Å²) in [5.74, 6) is 1.01. The van der Waals surface area contributed by atoms with Gasteiger partial charge in [-0.2, -0.15) is 0 Å². The lowest BCUT2D eigenvalue weighted by Gasteiger charge is -2.22. The first kappa shape index (κ1) is 14.3. The van der Waals surface area contributed by atoms with Crippen LogP contribution >= 0.6 is 7.49 Å². The molecule has 1 nitrogen and oxygen atoms in total. The average molecular weight is 251 g/mol. The first-order chi connectivity index (χ1) is 8.06. The molecule has 0 unspecified atom stereocenters. The van der Waals surface area contributed by atoms with Crippen LogP contribution < -0.4 is 4.52 Å². The van der Waals surface area contributed by atoms with Crippen molar-refractivity contribution in [3.8, 4) is 5.75 Å². The Morgan fingerprint density at radius 2 is 1.53 bits per heavy atom. The summed E-state index contributed by atoms with van der Waals surface area (Å²) >= 11 is 0. The summed E-state index contributed by atoms with van der Waals surface area (Å²) in [5.41, 5.74) is 2.28. The fourth-order valence-corrected chi connectivity index (χ4v) is 4.19. The normalized spacial score (nSPS) is 11.3. The first-order valence-electron chi connectivity index (χ1n) is 6.38. The molecule has 0 radical (unpaired) electrons. The van der Waals surface area contributed by atoms with Crippen LogP contribution in [0.4, 0.5) is 0 Å². The van der Waals surface area contributed by atoms with E-state index in [4.69, 9.17) is 4.52 Å². The van der Waals surface area contributed by atoms with Crippen LogP contribution in [0.25, 0.3) is 5.57 Å². The van der Waals surface area contributed by atoms with Crippen molar-refractivity contribution in [3.63, 3.8) is 0 Å². The number of hydrogen-bond acceptors (Lipinski definition) is 1. The first-order valence-corrected chi connectivity index (χ1v) is 8.64. The van der Waals surface area contributed by atoms with Crippen LogP contribution in [0.5, 0.6) is 5.75 Å². The van der Waals surface area contributed by atoms with Gasteiger partial charge >= 0.3 is 0 Å². The smallest absolute Gasteiger partial charge is 0.190 e. The maximum absolute atomic E-state index is 6.27. The topological polar surface area (TPSA) is 9.23 Å². The zero-order chi connectivity index (χ0) is 12.9. The number of rotatable bonds is 6. The van der Waals surface area contributed by atoms with Gasteiger partial charge in [0.05, 0.1) is 18.5 Å². The molecule has 0 heterocycles. The third-order valence-corrected chi connectivity index (χ3v) is 7.43. The molecule has 2 heteroatoms. The quantitative estimate of drug-likeness (QED) is 0.640. The maximum atomic E-state index is 6.27. The fourth-order valence-electron chi connectivity index (χ4n) is 1.89. The fraction of sp³-hybridized carbons (Fsp3) is 0.467. The van der Waals surface area contributed by atoms with E-state index in [2.05, 4.69) is 51.6 Å². The van der Waals surface area contributed by atoms with Gasteiger partial charge in [-0.1, -0.05) is 24.3 Å². The number of benzene rings is 1. The molecule has 0 amide bonds. The molecule has 1 aromatic carbocycles. The van der Waals surface area contributed by atoms with E-state index in [-0.39, 0.29) is 0 Å². The van der Waals surface area contributed by atoms with Gasteiger partial charge < -0.3 is 4.52 Å².